The Morgan fingerprint density at radius 1 is 0.585 bits per heavy atom. The van der Waals surface area contributed by atoms with Crippen molar-refractivity contribution in [1.82, 2.24) is 24.5 Å². The third kappa shape index (κ3) is 11.9. The van der Waals surface area contributed by atoms with E-state index in [9.17, 15) is 25.2 Å². The molecule has 0 fully saturated rings. The van der Waals surface area contributed by atoms with E-state index in [1.54, 1.807) is 18.3 Å². The number of hydrogen-bond acceptors (Lipinski definition) is 4. The molecular weight excluding hydrogens is 784 g/mol. The van der Waals surface area contributed by atoms with Crippen molar-refractivity contribution in [3.8, 4) is 51.1 Å². The molecule has 0 amide bonds. The fraction of sp³-hybridized carbons (Fsp3) is 0.0526. The van der Waals surface area contributed by atoms with Gasteiger partial charge in [0.2, 0.25) is 0 Å². The summed E-state index contributed by atoms with van der Waals surface area (Å²) in [5, 5.41) is 18.4. The van der Waals surface area contributed by atoms with E-state index in [2.05, 4.69) is 60.7 Å². The molecule has 0 aliphatic rings. The third-order valence-corrected chi connectivity index (χ3v) is 7.46. The minimum atomic E-state index is -10.7. The van der Waals surface area contributed by atoms with Gasteiger partial charge in [0.15, 0.2) is 6.17 Å². The molecule has 7 rings (SSSR count). The summed E-state index contributed by atoms with van der Waals surface area (Å²) in [7, 11) is -10.7. The fourth-order valence-corrected chi connectivity index (χ4v) is 5.40. The molecule has 0 unspecified atom stereocenters. The predicted octanol–water partition coefficient (Wildman–Crippen LogP) is 12.8. The van der Waals surface area contributed by atoms with E-state index in [-0.39, 0.29) is 17.1 Å². The molecule has 53 heavy (non-hydrogen) atoms. The van der Waals surface area contributed by atoms with E-state index in [1.807, 2.05) is 88.2 Å². The summed E-state index contributed by atoms with van der Waals surface area (Å²) in [4.78, 5) is 4.82. The number of benzene rings is 4. The van der Waals surface area contributed by atoms with Crippen LogP contribution in [0.2, 0.25) is 5.02 Å². The first-order valence-corrected chi connectivity index (χ1v) is 17.9. The van der Waals surface area contributed by atoms with Gasteiger partial charge in [-0.2, -0.15) is 15.5 Å². The van der Waals surface area contributed by atoms with Gasteiger partial charge in [0.05, 0.1) is 34.5 Å². The van der Waals surface area contributed by atoms with E-state index < -0.39 is 14.0 Å². The van der Waals surface area contributed by atoms with Crippen LogP contribution in [0.4, 0.5) is 25.2 Å². The number of hydrogen-bond donors (Lipinski definition) is 0. The van der Waals surface area contributed by atoms with Crippen LogP contribution >= 0.6 is 19.4 Å². The Labute approximate surface area is 317 Å². The number of halogens is 7. The van der Waals surface area contributed by atoms with Crippen LogP contribution < -0.4 is 0 Å². The van der Waals surface area contributed by atoms with Gasteiger partial charge in [0, 0.05) is 29.3 Å². The monoisotopic (exact) mass is 812 g/mol. The van der Waals surface area contributed by atoms with Crippen molar-refractivity contribution in [1.29, 1.82) is 5.26 Å². The summed E-state index contributed by atoms with van der Waals surface area (Å²) in [5.41, 5.74) is 8.46. The number of nitrogens with zero attached hydrogens (tertiary/aromatic N) is 6. The van der Waals surface area contributed by atoms with Gasteiger partial charge in [-0.15, -0.1) is 0 Å². The van der Waals surface area contributed by atoms with Gasteiger partial charge < -0.3 is 0 Å². The largest absolute Gasteiger partial charge is 1.00 e. The minimum Gasteiger partial charge on any atom is 1.00 e. The van der Waals surface area contributed by atoms with Gasteiger partial charge in [-0.3, -0.25) is 4.98 Å². The summed E-state index contributed by atoms with van der Waals surface area (Å²) < 4.78 is 63.2. The van der Waals surface area contributed by atoms with Crippen LogP contribution in [-0.4, -0.2) is 24.5 Å². The molecule has 0 saturated carbocycles. The maximum absolute atomic E-state index is 10.7. The molecule has 276 valence electrons. The van der Waals surface area contributed by atoms with Gasteiger partial charge in [-0.25, -0.2) is 9.36 Å². The topological polar surface area (TPSA) is 72.3 Å². The zero-order chi connectivity index (χ0) is 37.4. The average Bonchev–Trinajstić information content (AvgIpc) is 3.75. The summed E-state index contributed by atoms with van der Waals surface area (Å²) in [6.07, 6.45) is 1.20. The Morgan fingerprint density at radius 3 is 1.23 bits per heavy atom. The molecule has 3 heterocycles. The summed E-state index contributed by atoms with van der Waals surface area (Å²) in [6.45, 7) is 1.43. The molecule has 0 N–H and O–H groups in total. The van der Waals surface area contributed by atoms with Crippen LogP contribution in [0.1, 0.15) is 18.8 Å². The second kappa shape index (κ2) is 16.2. The van der Waals surface area contributed by atoms with Crippen LogP contribution in [0.25, 0.3) is 45.0 Å². The van der Waals surface area contributed by atoms with Gasteiger partial charge >= 0.3 is 50.1 Å². The predicted molar refractivity (Wildman–Crippen MR) is 194 cm³/mol. The molecular formula is C38H29ClCuF6N6P. The quantitative estimate of drug-likeness (QED) is 0.0913. The van der Waals surface area contributed by atoms with Crippen LogP contribution in [0.5, 0.6) is 0 Å². The molecule has 0 spiro atoms. The molecule has 4 aromatic carbocycles. The second-order valence-electron chi connectivity index (χ2n) is 11.1. The summed E-state index contributed by atoms with van der Waals surface area (Å²) in [5.74, 6) is 0. The van der Waals surface area contributed by atoms with Crippen molar-refractivity contribution >= 4 is 19.4 Å². The normalized spacial score (nSPS) is 12.1. The molecule has 3 aromatic heterocycles. The van der Waals surface area contributed by atoms with E-state index in [4.69, 9.17) is 32.0 Å². The minimum absolute atomic E-state index is 0. The van der Waals surface area contributed by atoms with Crippen LogP contribution in [0, 0.1) is 11.3 Å². The standard InChI is InChI=1S/C36H26ClN5.C2H3N.Cu.F6P/c37-30-21-22-38-33(23-30)36(41-34(28-17-9-3-10-18-28)24-31(39-41)26-13-5-1-6-14-26)42-35(29-19-11-4-12-20-29)25-32(40-42)27-15-7-2-8-16-27;1-2-3;;1-7(2,3,4,5)6/h1-25,36H;1H3;;/q;;+1;-1. The molecule has 0 radical (unpaired) electrons. The smallest absolute Gasteiger partial charge is 1.00 e. The molecule has 7 aromatic rings. The second-order valence-corrected chi connectivity index (χ2v) is 13.5. The Morgan fingerprint density at radius 2 is 0.906 bits per heavy atom. The van der Waals surface area contributed by atoms with Gasteiger partial charge in [0.1, 0.15) is 0 Å². The molecule has 6 nitrogen and oxygen atoms in total. The van der Waals surface area contributed by atoms with Gasteiger partial charge in [-0.05, 0) is 35.4 Å². The van der Waals surface area contributed by atoms with Crippen LogP contribution in [-0.2, 0) is 17.1 Å². The fourth-order valence-electron chi connectivity index (χ4n) is 5.23. The third-order valence-electron chi connectivity index (χ3n) is 7.22. The molecule has 0 saturated heterocycles. The summed E-state index contributed by atoms with van der Waals surface area (Å²) >= 11 is 6.58. The van der Waals surface area contributed by atoms with Crippen molar-refractivity contribution in [3.05, 3.63) is 163 Å². The molecule has 0 bridgehead atoms. The molecule has 0 atom stereocenters. The zero-order valence-electron chi connectivity index (χ0n) is 27.6. The van der Waals surface area contributed by atoms with Gasteiger partial charge in [-0.1, -0.05) is 133 Å². The van der Waals surface area contributed by atoms with Crippen molar-refractivity contribution in [2.45, 2.75) is 13.1 Å². The maximum atomic E-state index is 9.87. The van der Waals surface area contributed by atoms with Gasteiger partial charge in [0.25, 0.3) is 0 Å². The molecule has 0 aliphatic heterocycles. The first-order chi connectivity index (χ1) is 24.6. The Hall–Kier alpha value is -5.24. The van der Waals surface area contributed by atoms with E-state index >= 15 is 0 Å². The van der Waals surface area contributed by atoms with Crippen molar-refractivity contribution in [2.24, 2.45) is 0 Å². The Bertz CT molecular complexity index is 2150. The maximum Gasteiger partial charge on any atom is 1.00 e. The first kappa shape index (κ1) is 40.5. The SMILES string of the molecule is CC#N.Clc1ccnc(C(n2nc(-c3ccccc3)cc2-c2ccccc2)n2nc(-c3ccccc3)cc2-c2ccccc2)c1.F[P-](F)(F)(F)(F)F.[Cu+]. The average molecular weight is 814 g/mol. The Balaban J connectivity index is 0.000000508. The molecule has 0 aliphatic carbocycles. The van der Waals surface area contributed by atoms with E-state index in [1.165, 1.54) is 6.92 Å². The number of rotatable bonds is 7. The zero-order valence-corrected chi connectivity index (χ0v) is 30.2. The first-order valence-electron chi connectivity index (χ1n) is 15.5. The van der Waals surface area contributed by atoms with E-state index in [0.717, 1.165) is 50.7 Å². The Kier molecular flexibility index (Phi) is 12.4. The number of pyridine rings is 1. The number of aromatic nitrogens is 5. The van der Waals surface area contributed by atoms with Crippen molar-refractivity contribution < 1.29 is 42.3 Å². The molecule has 15 heteroatoms. The van der Waals surface area contributed by atoms with Crippen LogP contribution in [0.3, 0.4) is 0 Å². The summed E-state index contributed by atoms with van der Waals surface area (Å²) in [6, 6.07) is 50.7. The van der Waals surface area contributed by atoms with Crippen LogP contribution in [0.15, 0.2) is 152 Å². The number of nitriles is 1. The van der Waals surface area contributed by atoms with Crippen molar-refractivity contribution in [3.63, 3.8) is 0 Å². The van der Waals surface area contributed by atoms with Crippen molar-refractivity contribution in [2.75, 3.05) is 0 Å². The van der Waals surface area contributed by atoms with E-state index in [0.29, 0.717) is 5.02 Å².